The van der Waals surface area contributed by atoms with E-state index in [-0.39, 0.29) is 30.5 Å². The van der Waals surface area contributed by atoms with Crippen LogP contribution < -0.4 is 5.32 Å². The summed E-state index contributed by atoms with van der Waals surface area (Å²) in [5.41, 5.74) is 2.36. The van der Waals surface area contributed by atoms with Crippen LogP contribution in [0.2, 0.25) is 0 Å². The lowest BCUT2D eigenvalue weighted by Crippen LogP contribution is -2.55. The molecule has 4 rings (SSSR count). The normalized spacial score (nSPS) is 25.2. The molecule has 0 bridgehead atoms. The minimum Gasteiger partial charge on any atom is -0.396 e. The standard InChI is InChI=1S/C22H27N3O2/c26-16-19-14-24-11-12-25(22(27)23-13-17-7-3-1-4-8-17)15-20(24)21(19)18-9-5-2-6-10-18/h1-10,19-21,26H,11-16H2,(H,23,27)/t19-,20+,21-/m0/s1. The van der Waals surface area contributed by atoms with Crippen molar-refractivity contribution in [3.8, 4) is 0 Å². The van der Waals surface area contributed by atoms with E-state index in [0.717, 1.165) is 25.2 Å². The first kappa shape index (κ1) is 18.0. The summed E-state index contributed by atoms with van der Waals surface area (Å²) in [5.74, 6) is 0.491. The van der Waals surface area contributed by atoms with Crippen LogP contribution in [0.1, 0.15) is 17.0 Å². The molecule has 0 spiro atoms. The van der Waals surface area contributed by atoms with E-state index in [1.54, 1.807) is 0 Å². The highest BCUT2D eigenvalue weighted by Crippen LogP contribution is 2.39. The van der Waals surface area contributed by atoms with Crippen LogP contribution in [-0.2, 0) is 6.54 Å². The van der Waals surface area contributed by atoms with Crippen molar-refractivity contribution in [1.29, 1.82) is 0 Å². The van der Waals surface area contributed by atoms with Gasteiger partial charge in [-0.3, -0.25) is 4.90 Å². The molecule has 3 atom stereocenters. The Labute approximate surface area is 160 Å². The van der Waals surface area contributed by atoms with Crippen molar-refractivity contribution in [3.05, 3.63) is 71.8 Å². The molecule has 2 aromatic carbocycles. The fourth-order valence-corrected chi connectivity index (χ4v) is 4.55. The Morgan fingerprint density at radius 2 is 1.70 bits per heavy atom. The highest BCUT2D eigenvalue weighted by molar-refractivity contribution is 5.74. The van der Waals surface area contributed by atoms with Crippen molar-refractivity contribution in [3.63, 3.8) is 0 Å². The molecule has 2 heterocycles. The maximum absolute atomic E-state index is 12.7. The zero-order valence-corrected chi connectivity index (χ0v) is 15.5. The van der Waals surface area contributed by atoms with Crippen LogP contribution in [0.5, 0.6) is 0 Å². The molecule has 2 aromatic rings. The number of nitrogens with one attached hydrogen (secondary N) is 1. The quantitative estimate of drug-likeness (QED) is 0.874. The van der Waals surface area contributed by atoms with Crippen LogP contribution in [0.15, 0.2) is 60.7 Å². The molecule has 27 heavy (non-hydrogen) atoms. The summed E-state index contributed by atoms with van der Waals surface area (Å²) in [7, 11) is 0. The molecule has 2 fully saturated rings. The lowest BCUT2D eigenvalue weighted by molar-refractivity contribution is 0.112. The Bertz CT molecular complexity index is 753. The second-order valence-electron chi connectivity index (χ2n) is 7.53. The van der Waals surface area contributed by atoms with Crippen molar-refractivity contribution in [2.24, 2.45) is 5.92 Å². The van der Waals surface area contributed by atoms with Crippen molar-refractivity contribution in [2.75, 3.05) is 32.8 Å². The molecule has 0 saturated carbocycles. The Balaban J connectivity index is 1.44. The third-order valence-corrected chi connectivity index (χ3v) is 5.92. The van der Waals surface area contributed by atoms with Gasteiger partial charge in [0, 0.05) is 57.2 Å². The smallest absolute Gasteiger partial charge is 0.317 e. The molecule has 2 N–H and O–H groups in total. The summed E-state index contributed by atoms with van der Waals surface area (Å²) in [5, 5.41) is 13.0. The zero-order valence-electron chi connectivity index (χ0n) is 15.5. The number of hydrogen-bond donors (Lipinski definition) is 2. The van der Waals surface area contributed by atoms with E-state index in [4.69, 9.17) is 0 Å². The van der Waals surface area contributed by atoms with E-state index in [1.165, 1.54) is 5.56 Å². The molecular weight excluding hydrogens is 338 g/mol. The van der Waals surface area contributed by atoms with Gasteiger partial charge in [-0.05, 0) is 11.1 Å². The first-order valence-electron chi connectivity index (χ1n) is 9.73. The number of benzene rings is 2. The molecule has 0 aliphatic carbocycles. The minimum atomic E-state index is -0.00207. The van der Waals surface area contributed by atoms with Crippen molar-refractivity contribution in [1.82, 2.24) is 15.1 Å². The molecule has 2 saturated heterocycles. The lowest BCUT2D eigenvalue weighted by Gasteiger charge is -2.39. The van der Waals surface area contributed by atoms with Gasteiger partial charge in [-0.2, -0.15) is 0 Å². The zero-order chi connectivity index (χ0) is 18.6. The van der Waals surface area contributed by atoms with Gasteiger partial charge in [-0.15, -0.1) is 0 Å². The summed E-state index contributed by atoms with van der Waals surface area (Å²) >= 11 is 0. The number of aliphatic hydroxyl groups excluding tert-OH is 1. The average Bonchev–Trinajstić information content (AvgIpc) is 3.11. The van der Waals surface area contributed by atoms with Gasteiger partial charge < -0.3 is 15.3 Å². The largest absolute Gasteiger partial charge is 0.396 e. The summed E-state index contributed by atoms with van der Waals surface area (Å²) in [6.07, 6.45) is 0. The third-order valence-electron chi connectivity index (χ3n) is 5.92. The Kier molecular flexibility index (Phi) is 5.41. The second-order valence-corrected chi connectivity index (χ2v) is 7.53. The number of carbonyl (C=O) groups excluding carboxylic acids is 1. The molecule has 2 aliphatic rings. The first-order chi connectivity index (χ1) is 13.3. The van der Waals surface area contributed by atoms with Crippen LogP contribution in [0.25, 0.3) is 0 Å². The van der Waals surface area contributed by atoms with E-state index in [0.29, 0.717) is 13.1 Å². The molecule has 5 nitrogen and oxygen atoms in total. The molecular formula is C22H27N3O2. The average molecular weight is 365 g/mol. The number of amides is 2. The van der Waals surface area contributed by atoms with E-state index >= 15 is 0 Å². The second kappa shape index (κ2) is 8.11. The SMILES string of the molecule is O=C(NCc1ccccc1)N1CCN2C[C@@H](CO)[C@H](c3ccccc3)[C@H]2C1. The Morgan fingerprint density at radius 3 is 2.41 bits per heavy atom. The third kappa shape index (κ3) is 3.84. The molecule has 5 heteroatoms. The van der Waals surface area contributed by atoms with Crippen molar-refractivity contribution in [2.45, 2.75) is 18.5 Å². The number of aliphatic hydroxyl groups is 1. The number of hydrogen-bond acceptors (Lipinski definition) is 3. The Hall–Kier alpha value is -2.37. The van der Waals surface area contributed by atoms with Gasteiger partial charge in [-0.25, -0.2) is 4.79 Å². The van der Waals surface area contributed by atoms with Gasteiger partial charge >= 0.3 is 6.03 Å². The number of fused-ring (bicyclic) bond motifs is 1. The number of urea groups is 1. The predicted octanol–water partition coefficient (Wildman–Crippen LogP) is 2.29. The predicted molar refractivity (Wildman–Crippen MR) is 105 cm³/mol. The Morgan fingerprint density at radius 1 is 1.00 bits per heavy atom. The fraction of sp³-hybridized carbons (Fsp3) is 0.409. The van der Waals surface area contributed by atoms with Crippen molar-refractivity contribution >= 4 is 6.03 Å². The van der Waals surface area contributed by atoms with Crippen LogP contribution in [0.4, 0.5) is 4.79 Å². The van der Waals surface area contributed by atoms with E-state index in [1.807, 2.05) is 41.3 Å². The summed E-state index contributed by atoms with van der Waals surface area (Å²) in [6, 6.07) is 20.7. The number of carbonyl (C=O) groups is 1. The van der Waals surface area contributed by atoms with Gasteiger partial charge in [-0.1, -0.05) is 60.7 Å². The highest BCUT2D eigenvalue weighted by Gasteiger charge is 2.45. The number of piperazine rings is 1. The lowest BCUT2D eigenvalue weighted by atomic mass is 9.84. The van der Waals surface area contributed by atoms with Crippen LogP contribution in [0.3, 0.4) is 0 Å². The molecule has 0 radical (unpaired) electrons. The number of rotatable bonds is 4. The first-order valence-corrected chi connectivity index (χ1v) is 9.73. The highest BCUT2D eigenvalue weighted by atomic mass is 16.3. The number of nitrogens with zero attached hydrogens (tertiary/aromatic N) is 2. The van der Waals surface area contributed by atoms with E-state index in [2.05, 4.69) is 34.5 Å². The van der Waals surface area contributed by atoms with Crippen molar-refractivity contribution < 1.29 is 9.90 Å². The maximum Gasteiger partial charge on any atom is 0.317 e. The summed E-state index contributed by atoms with van der Waals surface area (Å²) in [6.45, 7) is 3.94. The maximum atomic E-state index is 12.7. The van der Waals surface area contributed by atoms with Gasteiger partial charge in [0.2, 0.25) is 0 Å². The summed E-state index contributed by atoms with van der Waals surface area (Å²) < 4.78 is 0. The molecule has 0 unspecified atom stereocenters. The van der Waals surface area contributed by atoms with Gasteiger partial charge in [0.25, 0.3) is 0 Å². The van der Waals surface area contributed by atoms with E-state index in [9.17, 15) is 9.90 Å². The minimum absolute atomic E-state index is 0.00207. The monoisotopic (exact) mass is 365 g/mol. The van der Waals surface area contributed by atoms with Gasteiger partial charge in [0.05, 0.1) is 0 Å². The van der Waals surface area contributed by atoms with E-state index < -0.39 is 0 Å². The van der Waals surface area contributed by atoms with Gasteiger partial charge in [0.15, 0.2) is 0 Å². The summed E-state index contributed by atoms with van der Waals surface area (Å²) in [4.78, 5) is 17.1. The molecule has 142 valence electrons. The van der Waals surface area contributed by atoms with Crippen LogP contribution in [0, 0.1) is 5.92 Å². The van der Waals surface area contributed by atoms with Crippen LogP contribution in [-0.4, -0.2) is 59.8 Å². The topological polar surface area (TPSA) is 55.8 Å². The molecule has 2 aliphatic heterocycles. The van der Waals surface area contributed by atoms with Crippen LogP contribution >= 0.6 is 0 Å². The molecule has 0 aromatic heterocycles. The van der Waals surface area contributed by atoms with Gasteiger partial charge in [0.1, 0.15) is 0 Å². The molecule has 2 amide bonds. The fourth-order valence-electron chi connectivity index (χ4n) is 4.55.